The van der Waals surface area contributed by atoms with E-state index >= 15 is 0 Å². The Labute approximate surface area is 127 Å². The first-order chi connectivity index (χ1) is 9.10. The molecule has 1 N–H and O–H groups in total. The number of carbonyl (C=O) groups is 2. The van der Waals surface area contributed by atoms with Crippen LogP contribution in [0.15, 0.2) is 6.07 Å². The SMILES string of the molecule is CCCCCCC(=O)c1cc(C(=O)OCC)[nH]c1I. The van der Waals surface area contributed by atoms with E-state index < -0.39 is 5.97 Å². The molecule has 19 heavy (non-hydrogen) atoms. The molecule has 0 saturated carbocycles. The number of H-pyrrole nitrogens is 1. The average Bonchev–Trinajstić information content (AvgIpc) is 2.77. The highest BCUT2D eigenvalue weighted by molar-refractivity contribution is 14.1. The van der Waals surface area contributed by atoms with Crippen LogP contribution in [0.4, 0.5) is 0 Å². The van der Waals surface area contributed by atoms with Crippen molar-refractivity contribution in [1.82, 2.24) is 4.98 Å². The Kier molecular flexibility index (Phi) is 7.12. The molecule has 0 aromatic carbocycles. The van der Waals surface area contributed by atoms with Gasteiger partial charge in [0.15, 0.2) is 5.78 Å². The van der Waals surface area contributed by atoms with Gasteiger partial charge in [-0.1, -0.05) is 26.2 Å². The third kappa shape index (κ3) is 4.97. The number of unbranched alkanes of at least 4 members (excludes halogenated alkanes) is 3. The Hall–Kier alpha value is -0.850. The molecule has 0 fully saturated rings. The molecule has 1 aromatic rings. The van der Waals surface area contributed by atoms with Crippen LogP contribution >= 0.6 is 22.6 Å². The number of Topliss-reactive ketones (excluding diaryl/α,β-unsaturated/α-hetero) is 1. The second kappa shape index (κ2) is 8.35. The zero-order chi connectivity index (χ0) is 14.3. The largest absolute Gasteiger partial charge is 0.461 e. The molecule has 1 heterocycles. The first-order valence-corrected chi connectivity index (χ1v) is 7.76. The van der Waals surface area contributed by atoms with E-state index in [4.69, 9.17) is 4.74 Å². The molecule has 0 unspecified atom stereocenters. The van der Waals surface area contributed by atoms with E-state index in [2.05, 4.69) is 11.9 Å². The van der Waals surface area contributed by atoms with Gasteiger partial charge in [0, 0.05) is 12.0 Å². The van der Waals surface area contributed by atoms with Gasteiger partial charge in [-0.05, 0) is 42.0 Å². The summed E-state index contributed by atoms with van der Waals surface area (Å²) < 4.78 is 5.61. The van der Waals surface area contributed by atoms with Crippen molar-refractivity contribution < 1.29 is 14.3 Å². The topological polar surface area (TPSA) is 59.2 Å². The fraction of sp³-hybridized carbons (Fsp3) is 0.571. The van der Waals surface area contributed by atoms with Crippen molar-refractivity contribution in [1.29, 1.82) is 0 Å². The van der Waals surface area contributed by atoms with Crippen molar-refractivity contribution in [2.24, 2.45) is 0 Å². The molecule has 5 heteroatoms. The summed E-state index contributed by atoms with van der Waals surface area (Å²) in [5, 5.41) is 0. The van der Waals surface area contributed by atoms with Crippen LogP contribution in [0.2, 0.25) is 0 Å². The minimum Gasteiger partial charge on any atom is -0.461 e. The van der Waals surface area contributed by atoms with Gasteiger partial charge in [-0.25, -0.2) is 4.79 Å². The number of ketones is 1. The van der Waals surface area contributed by atoms with E-state index in [0.29, 0.717) is 28.0 Å². The molecule has 0 atom stereocenters. The molecule has 0 aliphatic carbocycles. The number of halogens is 1. The normalized spacial score (nSPS) is 10.5. The molecule has 0 radical (unpaired) electrons. The van der Waals surface area contributed by atoms with Gasteiger partial charge in [-0.3, -0.25) is 4.79 Å². The van der Waals surface area contributed by atoms with E-state index in [1.54, 1.807) is 13.0 Å². The smallest absolute Gasteiger partial charge is 0.354 e. The molecule has 1 rings (SSSR count). The Morgan fingerprint density at radius 1 is 1.26 bits per heavy atom. The summed E-state index contributed by atoms with van der Waals surface area (Å²) in [6, 6.07) is 1.60. The highest BCUT2D eigenvalue weighted by atomic mass is 127. The predicted molar refractivity (Wildman–Crippen MR) is 82.6 cm³/mol. The number of hydrogen-bond acceptors (Lipinski definition) is 3. The Morgan fingerprint density at radius 3 is 2.63 bits per heavy atom. The van der Waals surface area contributed by atoms with Gasteiger partial charge >= 0.3 is 5.97 Å². The van der Waals surface area contributed by atoms with E-state index in [1.165, 1.54) is 0 Å². The zero-order valence-electron chi connectivity index (χ0n) is 11.4. The van der Waals surface area contributed by atoms with Crippen LogP contribution < -0.4 is 0 Å². The van der Waals surface area contributed by atoms with Crippen molar-refractivity contribution in [3.05, 3.63) is 21.0 Å². The van der Waals surface area contributed by atoms with Crippen LogP contribution in [0, 0.1) is 3.70 Å². The Balaban J connectivity index is 2.62. The lowest BCUT2D eigenvalue weighted by atomic mass is 10.1. The van der Waals surface area contributed by atoms with Crippen molar-refractivity contribution in [2.75, 3.05) is 6.61 Å². The Bertz CT molecular complexity index is 440. The summed E-state index contributed by atoms with van der Waals surface area (Å²) in [5.74, 6) is -0.322. The van der Waals surface area contributed by atoms with Crippen molar-refractivity contribution >= 4 is 34.3 Å². The molecule has 0 amide bonds. The number of rotatable bonds is 8. The van der Waals surface area contributed by atoms with E-state index in [9.17, 15) is 9.59 Å². The van der Waals surface area contributed by atoms with Gasteiger partial charge in [-0.15, -0.1) is 0 Å². The van der Waals surface area contributed by atoms with Gasteiger partial charge in [0.25, 0.3) is 0 Å². The summed E-state index contributed by atoms with van der Waals surface area (Å²) in [6.45, 7) is 4.23. The van der Waals surface area contributed by atoms with Crippen LogP contribution in [0.1, 0.15) is 66.8 Å². The minimum atomic E-state index is -0.412. The standard InChI is InChI=1S/C14H20INO3/c1-3-5-6-7-8-12(17)10-9-11(16-13(10)15)14(18)19-4-2/h9,16H,3-8H2,1-2H3. The monoisotopic (exact) mass is 377 g/mol. The molecule has 0 saturated heterocycles. The van der Waals surface area contributed by atoms with Gasteiger partial charge < -0.3 is 9.72 Å². The summed E-state index contributed by atoms with van der Waals surface area (Å²) in [5.41, 5.74) is 0.948. The van der Waals surface area contributed by atoms with Crippen LogP contribution in [-0.4, -0.2) is 23.3 Å². The number of ether oxygens (including phenoxy) is 1. The van der Waals surface area contributed by atoms with E-state index in [0.717, 1.165) is 25.7 Å². The molecule has 0 aliphatic rings. The molecule has 0 spiro atoms. The quantitative estimate of drug-likeness (QED) is 0.323. The second-order valence-corrected chi connectivity index (χ2v) is 5.44. The van der Waals surface area contributed by atoms with E-state index in [-0.39, 0.29) is 5.78 Å². The zero-order valence-corrected chi connectivity index (χ0v) is 13.6. The first kappa shape index (κ1) is 16.2. The van der Waals surface area contributed by atoms with Crippen LogP contribution in [-0.2, 0) is 4.74 Å². The average molecular weight is 377 g/mol. The molecule has 106 valence electrons. The number of esters is 1. The summed E-state index contributed by atoms with van der Waals surface area (Å²) in [4.78, 5) is 26.5. The maximum atomic E-state index is 12.0. The number of aromatic amines is 1. The fourth-order valence-corrected chi connectivity index (χ4v) is 2.55. The lowest BCUT2D eigenvalue weighted by molar-refractivity contribution is 0.0520. The molecule has 1 aromatic heterocycles. The summed E-state index contributed by atoms with van der Waals surface area (Å²) >= 11 is 2.04. The van der Waals surface area contributed by atoms with Gasteiger partial charge in [0.1, 0.15) is 5.69 Å². The highest BCUT2D eigenvalue weighted by Crippen LogP contribution is 2.18. The Morgan fingerprint density at radius 2 is 2.00 bits per heavy atom. The van der Waals surface area contributed by atoms with Crippen molar-refractivity contribution in [2.45, 2.75) is 46.0 Å². The molecular weight excluding hydrogens is 357 g/mol. The van der Waals surface area contributed by atoms with Crippen molar-refractivity contribution in [3.8, 4) is 0 Å². The van der Waals surface area contributed by atoms with Gasteiger partial charge in [0.2, 0.25) is 0 Å². The van der Waals surface area contributed by atoms with Crippen LogP contribution in [0.5, 0.6) is 0 Å². The lowest BCUT2D eigenvalue weighted by Crippen LogP contribution is -2.04. The number of hydrogen-bond donors (Lipinski definition) is 1. The second-order valence-electron chi connectivity index (χ2n) is 4.36. The maximum Gasteiger partial charge on any atom is 0.354 e. The third-order valence-corrected chi connectivity index (χ3v) is 3.67. The third-order valence-electron chi connectivity index (χ3n) is 2.82. The highest BCUT2D eigenvalue weighted by Gasteiger charge is 2.17. The predicted octanol–water partition coefficient (Wildman–Crippen LogP) is 3.95. The van der Waals surface area contributed by atoms with Crippen molar-refractivity contribution in [3.63, 3.8) is 0 Å². The van der Waals surface area contributed by atoms with Crippen LogP contribution in [0.25, 0.3) is 0 Å². The number of carbonyl (C=O) groups excluding carboxylic acids is 2. The lowest BCUT2D eigenvalue weighted by Gasteiger charge is -1.99. The van der Waals surface area contributed by atoms with Gasteiger partial charge in [0.05, 0.1) is 10.3 Å². The summed E-state index contributed by atoms with van der Waals surface area (Å²) in [6.07, 6.45) is 4.83. The molecular formula is C14H20INO3. The molecule has 0 bridgehead atoms. The fourth-order valence-electron chi connectivity index (χ4n) is 1.80. The first-order valence-electron chi connectivity index (χ1n) is 6.69. The minimum absolute atomic E-state index is 0.0901. The van der Waals surface area contributed by atoms with E-state index in [1.807, 2.05) is 22.6 Å². The van der Waals surface area contributed by atoms with Gasteiger partial charge in [-0.2, -0.15) is 0 Å². The molecule has 0 aliphatic heterocycles. The number of aromatic nitrogens is 1. The maximum absolute atomic E-state index is 12.0. The molecule has 4 nitrogen and oxygen atoms in total. The summed E-state index contributed by atoms with van der Waals surface area (Å²) in [7, 11) is 0. The van der Waals surface area contributed by atoms with Crippen LogP contribution in [0.3, 0.4) is 0 Å². The number of nitrogens with one attached hydrogen (secondary N) is 1.